The monoisotopic (exact) mass is 291 g/mol. The molecule has 0 N–H and O–H groups in total. The van der Waals surface area contributed by atoms with Crippen molar-refractivity contribution in [1.82, 2.24) is 14.5 Å². The molecule has 0 bridgehead atoms. The van der Waals surface area contributed by atoms with Crippen molar-refractivity contribution in [3.63, 3.8) is 0 Å². The van der Waals surface area contributed by atoms with Gasteiger partial charge >= 0.3 is 0 Å². The lowest BCUT2D eigenvalue weighted by atomic mass is 10.0. The first-order valence-corrected chi connectivity index (χ1v) is 8.13. The van der Waals surface area contributed by atoms with Gasteiger partial charge in [0.15, 0.2) is 0 Å². The third-order valence-corrected chi connectivity index (χ3v) is 4.71. The fourth-order valence-corrected chi connectivity index (χ4v) is 3.50. The van der Waals surface area contributed by atoms with Gasteiger partial charge < -0.3 is 14.2 Å². The maximum absolute atomic E-state index is 12.4. The van der Waals surface area contributed by atoms with Crippen LogP contribution in [0.1, 0.15) is 50.4 Å². The second-order valence-corrected chi connectivity index (χ2v) is 6.19. The zero-order valence-corrected chi connectivity index (χ0v) is 12.8. The maximum atomic E-state index is 12.4. The van der Waals surface area contributed by atoms with Crippen LogP contribution in [0.3, 0.4) is 0 Å². The number of piperidine rings is 1. The smallest absolute Gasteiger partial charge is 0.222 e. The molecule has 0 aromatic carbocycles. The first-order chi connectivity index (χ1) is 10.2. The normalized spacial score (nSPS) is 26.2. The van der Waals surface area contributed by atoms with E-state index in [1.807, 2.05) is 24.2 Å². The van der Waals surface area contributed by atoms with Gasteiger partial charge in [-0.25, -0.2) is 4.98 Å². The average molecular weight is 291 g/mol. The summed E-state index contributed by atoms with van der Waals surface area (Å²) in [5, 5.41) is 0. The van der Waals surface area contributed by atoms with E-state index in [4.69, 9.17) is 4.74 Å². The van der Waals surface area contributed by atoms with Crippen LogP contribution < -0.4 is 0 Å². The quantitative estimate of drug-likeness (QED) is 0.855. The van der Waals surface area contributed by atoms with E-state index in [2.05, 4.69) is 9.55 Å². The minimum atomic E-state index is 0.285. The SMILES string of the molecule is Cc1nccn1C1CCCN(C(=O)CCC2CCCO2)C1. The van der Waals surface area contributed by atoms with Crippen molar-refractivity contribution in [2.24, 2.45) is 0 Å². The average Bonchev–Trinajstić information content (AvgIpc) is 3.16. The Kier molecular flexibility index (Phi) is 4.58. The molecule has 116 valence electrons. The number of likely N-dealkylation sites (tertiary alicyclic amines) is 1. The van der Waals surface area contributed by atoms with Crippen LogP contribution in [-0.4, -0.2) is 46.2 Å². The standard InChI is InChI=1S/C16H25N3O2/c1-13-17-8-10-19(13)14-4-2-9-18(12-14)16(20)7-6-15-5-3-11-21-15/h8,10,14-15H,2-7,9,11-12H2,1H3. The molecule has 1 aromatic heterocycles. The van der Waals surface area contributed by atoms with E-state index in [1.54, 1.807) is 0 Å². The molecule has 3 rings (SSSR count). The van der Waals surface area contributed by atoms with E-state index in [1.165, 1.54) is 0 Å². The van der Waals surface area contributed by atoms with Crippen LogP contribution in [0.15, 0.2) is 12.4 Å². The van der Waals surface area contributed by atoms with E-state index < -0.39 is 0 Å². The molecule has 5 nitrogen and oxygen atoms in total. The Morgan fingerprint density at radius 3 is 3.05 bits per heavy atom. The topological polar surface area (TPSA) is 47.4 Å². The van der Waals surface area contributed by atoms with Gasteiger partial charge in [-0.1, -0.05) is 0 Å². The number of amides is 1. The number of nitrogens with zero attached hydrogens (tertiary/aromatic N) is 3. The predicted molar refractivity (Wildman–Crippen MR) is 80.0 cm³/mol. The maximum Gasteiger partial charge on any atom is 0.222 e. The van der Waals surface area contributed by atoms with Crippen molar-refractivity contribution >= 4 is 5.91 Å². The van der Waals surface area contributed by atoms with Gasteiger partial charge in [0, 0.05) is 38.5 Å². The Labute approximate surface area is 126 Å². The molecule has 1 amide bonds. The van der Waals surface area contributed by atoms with E-state index in [0.717, 1.165) is 57.6 Å². The van der Waals surface area contributed by atoms with E-state index in [9.17, 15) is 4.79 Å². The van der Waals surface area contributed by atoms with Crippen molar-refractivity contribution in [3.8, 4) is 0 Å². The van der Waals surface area contributed by atoms with Crippen LogP contribution in [0.5, 0.6) is 0 Å². The lowest BCUT2D eigenvalue weighted by molar-refractivity contribution is -0.133. The molecule has 5 heteroatoms. The van der Waals surface area contributed by atoms with Crippen LogP contribution in [0, 0.1) is 6.92 Å². The fraction of sp³-hybridized carbons (Fsp3) is 0.750. The summed E-state index contributed by atoms with van der Waals surface area (Å²) in [5.74, 6) is 1.32. The first kappa shape index (κ1) is 14.6. The number of aromatic nitrogens is 2. The number of imidazole rings is 1. The number of carbonyl (C=O) groups is 1. The summed E-state index contributed by atoms with van der Waals surface area (Å²) in [4.78, 5) is 18.7. The van der Waals surface area contributed by atoms with E-state index in [0.29, 0.717) is 18.6 Å². The molecule has 0 spiro atoms. The number of hydrogen-bond acceptors (Lipinski definition) is 3. The van der Waals surface area contributed by atoms with Gasteiger partial charge in [-0.2, -0.15) is 0 Å². The highest BCUT2D eigenvalue weighted by atomic mass is 16.5. The highest BCUT2D eigenvalue weighted by molar-refractivity contribution is 5.76. The molecule has 2 fully saturated rings. The molecular formula is C16H25N3O2. The van der Waals surface area contributed by atoms with Gasteiger partial charge in [0.05, 0.1) is 12.1 Å². The number of aryl methyl sites for hydroxylation is 1. The van der Waals surface area contributed by atoms with E-state index >= 15 is 0 Å². The molecule has 0 saturated carbocycles. The summed E-state index contributed by atoms with van der Waals surface area (Å²) >= 11 is 0. The van der Waals surface area contributed by atoms with Crippen LogP contribution >= 0.6 is 0 Å². The van der Waals surface area contributed by atoms with Crippen LogP contribution in [-0.2, 0) is 9.53 Å². The van der Waals surface area contributed by atoms with Crippen molar-refractivity contribution in [2.75, 3.05) is 19.7 Å². The van der Waals surface area contributed by atoms with Gasteiger partial charge in [0.2, 0.25) is 5.91 Å². The zero-order valence-electron chi connectivity index (χ0n) is 12.8. The van der Waals surface area contributed by atoms with Crippen LogP contribution in [0.4, 0.5) is 0 Å². The Balaban J connectivity index is 1.53. The Morgan fingerprint density at radius 1 is 1.43 bits per heavy atom. The molecule has 1 aromatic rings. The second-order valence-electron chi connectivity index (χ2n) is 6.19. The predicted octanol–water partition coefficient (Wildman–Crippen LogP) is 2.31. The number of carbonyl (C=O) groups excluding carboxylic acids is 1. The Bertz CT molecular complexity index is 480. The molecule has 2 saturated heterocycles. The summed E-state index contributed by atoms with van der Waals surface area (Å²) in [6.45, 7) is 4.61. The number of hydrogen-bond donors (Lipinski definition) is 0. The fourth-order valence-electron chi connectivity index (χ4n) is 3.50. The Hall–Kier alpha value is -1.36. The molecule has 2 unspecified atom stereocenters. The third kappa shape index (κ3) is 3.46. The summed E-state index contributed by atoms with van der Waals surface area (Å²) in [7, 11) is 0. The molecule has 2 aliphatic heterocycles. The van der Waals surface area contributed by atoms with Gasteiger partial charge in [-0.15, -0.1) is 0 Å². The largest absolute Gasteiger partial charge is 0.378 e. The van der Waals surface area contributed by atoms with Gasteiger partial charge in [-0.05, 0) is 39.0 Å². The summed E-state index contributed by atoms with van der Waals surface area (Å²) in [6.07, 6.45) is 10.2. The zero-order chi connectivity index (χ0) is 14.7. The second kappa shape index (κ2) is 6.60. The minimum Gasteiger partial charge on any atom is -0.378 e. The van der Waals surface area contributed by atoms with Gasteiger partial charge in [0.25, 0.3) is 0 Å². The van der Waals surface area contributed by atoms with Crippen molar-refractivity contribution in [3.05, 3.63) is 18.2 Å². The van der Waals surface area contributed by atoms with Gasteiger partial charge in [-0.3, -0.25) is 4.79 Å². The van der Waals surface area contributed by atoms with Crippen molar-refractivity contribution in [1.29, 1.82) is 0 Å². The molecule has 21 heavy (non-hydrogen) atoms. The molecule has 3 heterocycles. The van der Waals surface area contributed by atoms with Crippen molar-refractivity contribution < 1.29 is 9.53 Å². The van der Waals surface area contributed by atoms with E-state index in [-0.39, 0.29) is 5.91 Å². The lowest BCUT2D eigenvalue weighted by Crippen LogP contribution is -2.41. The van der Waals surface area contributed by atoms with Gasteiger partial charge in [0.1, 0.15) is 5.82 Å². The summed E-state index contributed by atoms with van der Waals surface area (Å²) < 4.78 is 7.81. The highest BCUT2D eigenvalue weighted by Crippen LogP contribution is 2.24. The molecular weight excluding hydrogens is 266 g/mol. The van der Waals surface area contributed by atoms with Crippen LogP contribution in [0.2, 0.25) is 0 Å². The minimum absolute atomic E-state index is 0.285. The van der Waals surface area contributed by atoms with Crippen LogP contribution in [0.25, 0.3) is 0 Å². The highest BCUT2D eigenvalue weighted by Gasteiger charge is 2.26. The molecule has 0 radical (unpaired) electrons. The number of rotatable bonds is 4. The lowest BCUT2D eigenvalue weighted by Gasteiger charge is -2.34. The Morgan fingerprint density at radius 2 is 2.33 bits per heavy atom. The summed E-state index contributed by atoms with van der Waals surface area (Å²) in [6, 6.07) is 0.382. The summed E-state index contributed by atoms with van der Waals surface area (Å²) in [5.41, 5.74) is 0. The molecule has 0 aliphatic carbocycles. The molecule has 2 atom stereocenters. The first-order valence-electron chi connectivity index (χ1n) is 8.13. The third-order valence-electron chi connectivity index (χ3n) is 4.71. The molecule has 2 aliphatic rings. The van der Waals surface area contributed by atoms with Crippen molar-refractivity contribution in [2.45, 2.75) is 57.6 Å². The number of ether oxygens (including phenoxy) is 1.